The Balaban J connectivity index is 2.26. The second-order valence-corrected chi connectivity index (χ2v) is 6.06. The van der Waals surface area contributed by atoms with Gasteiger partial charge in [0.1, 0.15) is 5.82 Å². The van der Waals surface area contributed by atoms with Gasteiger partial charge in [-0.05, 0) is 41.6 Å². The van der Waals surface area contributed by atoms with Crippen LogP contribution in [0.2, 0.25) is 5.02 Å². The van der Waals surface area contributed by atoms with Gasteiger partial charge in [0, 0.05) is 9.35 Å². The van der Waals surface area contributed by atoms with Crippen LogP contribution in [0, 0.1) is 5.82 Å². The van der Waals surface area contributed by atoms with E-state index in [4.69, 9.17) is 17.4 Å². The van der Waals surface area contributed by atoms with Gasteiger partial charge in [-0.3, -0.25) is 11.3 Å². The summed E-state index contributed by atoms with van der Waals surface area (Å²) in [5.41, 5.74) is 3.28. The maximum Gasteiger partial charge on any atom is 0.126 e. The highest BCUT2D eigenvalue weighted by Crippen LogP contribution is 2.31. The van der Waals surface area contributed by atoms with E-state index in [1.165, 1.54) is 17.4 Å². The number of rotatable bonds is 4. The molecule has 18 heavy (non-hydrogen) atoms. The Morgan fingerprint density at radius 2 is 2.22 bits per heavy atom. The molecule has 2 rings (SSSR count). The van der Waals surface area contributed by atoms with Crippen LogP contribution in [-0.2, 0) is 6.42 Å². The number of hydrogen-bond acceptors (Lipinski definition) is 3. The summed E-state index contributed by atoms with van der Waals surface area (Å²) >= 11 is 10.9. The number of hydrazine groups is 1. The van der Waals surface area contributed by atoms with Crippen LogP contribution in [0.4, 0.5) is 4.39 Å². The van der Waals surface area contributed by atoms with Crippen molar-refractivity contribution in [3.05, 3.63) is 55.4 Å². The van der Waals surface area contributed by atoms with Gasteiger partial charge in [0.05, 0.1) is 11.1 Å². The van der Waals surface area contributed by atoms with Crippen molar-refractivity contribution >= 4 is 38.9 Å². The summed E-state index contributed by atoms with van der Waals surface area (Å²) in [6.45, 7) is 0. The lowest BCUT2D eigenvalue weighted by Crippen LogP contribution is -2.29. The fourth-order valence-electron chi connectivity index (χ4n) is 1.70. The summed E-state index contributed by atoms with van der Waals surface area (Å²) in [5.74, 6) is 5.29. The quantitative estimate of drug-likeness (QED) is 0.645. The molecule has 0 fully saturated rings. The van der Waals surface area contributed by atoms with Gasteiger partial charge in [-0.25, -0.2) is 4.39 Å². The molecule has 1 aromatic carbocycles. The summed E-state index contributed by atoms with van der Waals surface area (Å²) in [7, 11) is 0. The molecule has 0 bridgehead atoms. The summed E-state index contributed by atoms with van der Waals surface area (Å²) in [6.07, 6.45) is 0.446. The third-order valence-electron chi connectivity index (χ3n) is 2.59. The third kappa shape index (κ3) is 3.10. The SMILES string of the molecule is NNC(Cc1cc(Br)ccc1F)c1sccc1Cl. The van der Waals surface area contributed by atoms with E-state index in [0.717, 1.165) is 9.35 Å². The van der Waals surface area contributed by atoms with Gasteiger partial charge in [0.2, 0.25) is 0 Å². The molecule has 96 valence electrons. The highest BCUT2D eigenvalue weighted by atomic mass is 79.9. The van der Waals surface area contributed by atoms with Crippen LogP contribution in [0.15, 0.2) is 34.1 Å². The number of nitrogens with one attached hydrogen (secondary N) is 1. The molecular formula is C12H11BrClFN2S. The van der Waals surface area contributed by atoms with E-state index in [1.54, 1.807) is 12.1 Å². The van der Waals surface area contributed by atoms with Gasteiger partial charge in [0.15, 0.2) is 0 Å². The second kappa shape index (κ2) is 6.12. The van der Waals surface area contributed by atoms with Crippen molar-refractivity contribution in [1.29, 1.82) is 0 Å². The van der Waals surface area contributed by atoms with E-state index in [0.29, 0.717) is 17.0 Å². The van der Waals surface area contributed by atoms with Crippen LogP contribution in [-0.4, -0.2) is 0 Å². The molecule has 0 spiro atoms. The van der Waals surface area contributed by atoms with Crippen LogP contribution in [0.1, 0.15) is 16.5 Å². The summed E-state index contributed by atoms with van der Waals surface area (Å²) in [4.78, 5) is 0.915. The van der Waals surface area contributed by atoms with E-state index >= 15 is 0 Å². The third-order valence-corrected chi connectivity index (χ3v) is 4.56. The van der Waals surface area contributed by atoms with E-state index in [2.05, 4.69) is 21.4 Å². The Kier molecular flexibility index (Phi) is 4.75. The molecular weight excluding hydrogens is 339 g/mol. The molecule has 1 atom stereocenters. The molecule has 1 heterocycles. The fraction of sp³-hybridized carbons (Fsp3) is 0.167. The number of benzene rings is 1. The molecule has 2 aromatic rings. The average Bonchev–Trinajstić information content (AvgIpc) is 2.77. The maximum absolute atomic E-state index is 13.7. The minimum atomic E-state index is -0.244. The smallest absolute Gasteiger partial charge is 0.126 e. The Bertz CT molecular complexity index is 547. The molecule has 2 nitrogen and oxygen atoms in total. The number of hydrogen-bond donors (Lipinski definition) is 2. The lowest BCUT2D eigenvalue weighted by molar-refractivity contribution is 0.535. The first-order chi connectivity index (χ1) is 8.61. The lowest BCUT2D eigenvalue weighted by Gasteiger charge is -2.15. The first-order valence-corrected chi connectivity index (χ1v) is 7.30. The molecule has 0 amide bonds. The first kappa shape index (κ1) is 14.0. The zero-order valence-corrected chi connectivity index (χ0v) is 12.4. The van der Waals surface area contributed by atoms with Crippen molar-refractivity contribution in [1.82, 2.24) is 5.43 Å². The topological polar surface area (TPSA) is 38.0 Å². The fourth-order valence-corrected chi connectivity index (χ4v) is 3.36. The highest BCUT2D eigenvalue weighted by molar-refractivity contribution is 9.10. The monoisotopic (exact) mass is 348 g/mol. The van der Waals surface area contributed by atoms with Gasteiger partial charge >= 0.3 is 0 Å². The summed E-state index contributed by atoms with van der Waals surface area (Å²) in [6, 6.07) is 6.47. The van der Waals surface area contributed by atoms with Crippen molar-refractivity contribution < 1.29 is 4.39 Å². The Labute approximate surface area is 122 Å². The van der Waals surface area contributed by atoms with Crippen molar-refractivity contribution in [2.75, 3.05) is 0 Å². The van der Waals surface area contributed by atoms with Crippen LogP contribution in [0.3, 0.4) is 0 Å². The summed E-state index contributed by atoms with van der Waals surface area (Å²) < 4.78 is 14.5. The predicted octanol–water partition coefficient (Wildman–Crippen LogP) is 4.05. The Morgan fingerprint density at radius 1 is 1.44 bits per heavy atom. The van der Waals surface area contributed by atoms with Crippen LogP contribution < -0.4 is 11.3 Å². The van der Waals surface area contributed by atoms with Crippen LogP contribution in [0.25, 0.3) is 0 Å². The molecule has 0 saturated heterocycles. The lowest BCUT2D eigenvalue weighted by atomic mass is 10.0. The van der Waals surface area contributed by atoms with Crippen molar-refractivity contribution in [2.24, 2.45) is 5.84 Å². The van der Waals surface area contributed by atoms with Crippen molar-refractivity contribution in [3.63, 3.8) is 0 Å². The van der Waals surface area contributed by atoms with Gasteiger partial charge in [-0.1, -0.05) is 27.5 Å². The molecule has 6 heteroatoms. The largest absolute Gasteiger partial charge is 0.271 e. The molecule has 0 radical (unpaired) electrons. The van der Waals surface area contributed by atoms with Crippen LogP contribution >= 0.6 is 38.9 Å². The number of nitrogens with two attached hydrogens (primary N) is 1. The number of halogens is 3. The molecule has 0 aliphatic rings. The molecule has 3 N–H and O–H groups in total. The predicted molar refractivity (Wildman–Crippen MR) is 77.2 cm³/mol. The minimum absolute atomic E-state index is 0.193. The molecule has 0 aliphatic carbocycles. The van der Waals surface area contributed by atoms with E-state index in [-0.39, 0.29) is 11.9 Å². The van der Waals surface area contributed by atoms with Gasteiger partial charge in [-0.15, -0.1) is 11.3 Å². The van der Waals surface area contributed by atoms with Crippen LogP contribution in [0.5, 0.6) is 0 Å². The highest BCUT2D eigenvalue weighted by Gasteiger charge is 2.17. The average molecular weight is 350 g/mol. The molecule has 0 saturated carbocycles. The standard InChI is InChI=1S/C12H11BrClFN2S/c13-8-1-2-10(15)7(5-8)6-11(17-16)12-9(14)3-4-18-12/h1-5,11,17H,6,16H2. The second-order valence-electron chi connectivity index (χ2n) is 3.79. The van der Waals surface area contributed by atoms with E-state index < -0.39 is 0 Å². The zero-order valence-electron chi connectivity index (χ0n) is 9.29. The summed E-state index contributed by atoms with van der Waals surface area (Å²) in [5, 5.41) is 2.54. The van der Waals surface area contributed by atoms with Crippen molar-refractivity contribution in [2.45, 2.75) is 12.5 Å². The zero-order chi connectivity index (χ0) is 13.1. The molecule has 1 aromatic heterocycles. The van der Waals surface area contributed by atoms with Crippen molar-refractivity contribution in [3.8, 4) is 0 Å². The van der Waals surface area contributed by atoms with E-state index in [9.17, 15) is 4.39 Å². The molecule has 0 aliphatic heterocycles. The first-order valence-electron chi connectivity index (χ1n) is 5.24. The number of thiophene rings is 1. The van der Waals surface area contributed by atoms with Gasteiger partial charge in [-0.2, -0.15) is 0 Å². The van der Waals surface area contributed by atoms with Gasteiger partial charge in [0.25, 0.3) is 0 Å². The molecule has 1 unspecified atom stereocenters. The Hall–Kier alpha value is -0.460. The minimum Gasteiger partial charge on any atom is -0.271 e. The van der Waals surface area contributed by atoms with Gasteiger partial charge < -0.3 is 0 Å². The normalized spacial score (nSPS) is 12.7. The van der Waals surface area contributed by atoms with E-state index in [1.807, 2.05) is 11.4 Å². The Morgan fingerprint density at radius 3 is 2.83 bits per heavy atom. The maximum atomic E-state index is 13.7.